The lowest BCUT2D eigenvalue weighted by Crippen LogP contribution is -2.23. The van der Waals surface area contributed by atoms with Gasteiger partial charge in [-0.25, -0.2) is 18.1 Å². The Kier molecular flexibility index (Phi) is 6.45. The lowest BCUT2D eigenvalue weighted by atomic mass is 10.1. The van der Waals surface area contributed by atoms with E-state index < -0.39 is 10.0 Å². The Balaban J connectivity index is 1.39. The fourth-order valence-electron chi connectivity index (χ4n) is 3.12. The van der Waals surface area contributed by atoms with E-state index in [0.717, 1.165) is 22.5 Å². The zero-order valence-corrected chi connectivity index (χ0v) is 18.7. The van der Waals surface area contributed by atoms with Gasteiger partial charge >= 0.3 is 0 Å². The summed E-state index contributed by atoms with van der Waals surface area (Å²) >= 11 is 1.68. The van der Waals surface area contributed by atoms with Crippen LogP contribution in [0.4, 0.5) is 5.69 Å². The van der Waals surface area contributed by atoms with E-state index in [0.29, 0.717) is 11.3 Å². The van der Waals surface area contributed by atoms with Crippen molar-refractivity contribution in [3.8, 4) is 0 Å². The number of carbonyl (C=O) groups excluding carboxylic acids is 1. The van der Waals surface area contributed by atoms with E-state index in [4.69, 9.17) is 0 Å². The van der Waals surface area contributed by atoms with Gasteiger partial charge in [-0.2, -0.15) is 0 Å². The molecule has 0 radical (unpaired) electrons. The van der Waals surface area contributed by atoms with Crippen LogP contribution in [0.1, 0.15) is 20.9 Å². The van der Waals surface area contributed by atoms with Crippen molar-refractivity contribution in [1.29, 1.82) is 0 Å². The Morgan fingerprint density at radius 2 is 1.72 bits per heavy atom. The number of anilines is 1. The monoisotopic (exact) mass is 463 g/mol. The fourth-order valence-corrected chi connectivity index (χ4v) is 5.12. The van der Waals surface area contributed by atoms with Crippen molar-refractivity contribution in [2.24, 2.45) is 0 Å². The van der Waals surface area contributed by atoms with Crippen molar-refractivity contribution >= 4 is 43.2 Å². The molecule has 8 heteroatoms. The molecular formula is C24H21N3O3S2. The van der Waals surface area contributed by atoms with Crippen molar-refractivity contribution in [3.05, 3.63) is 102 Å². The van der Waals surface area contributed by atoms with Crippen LogP contribution in [0.25, 0.3) is 10.2 Å². The molecule has 0 aliphatic rings. The zero-order chi connectivity index (χ0) is 22.6. The summed E-state index contributed by atoms with van der Waals surface area (Å²) in [4.78, 5) is 17.3. The summed E-state index contributed by atoms with van der Waals surface area (Å²) in [7, 11) is -3.62. The van der Waals surface area contributed by atoms with E-state index >= 15 is 0 Å². The minimum atomic E-state index is -3.62. The first-order valence-corrected chi connectivity index (χ1v) is 12.2. The molecule has 162 valence electrons. The maximum atomic E-state index is 12.5. The van der Waals surface area contributed by atoms with Crippen molar-refractivity contribution in [1.82, 2.24) is 9.71 Å². The fraction of sp³-hybridized carbons (Fsp3) is 0.0833. The number of carbonyl (C=O) groups is 1. The Morgan fingerprint density at radius 3 is 2.41 bits per heavy atom. The van der Waals surface area contributed by atoms with E-state index in [1.807, 2.05) is 42.5 Å². The van der Waals surface area contributed by atoms with Gasteiger partial charge in [-0.1, -0.05) is 30.3 Å². The number of sulfonamides is 1. The van der Waals surface area contributed by atoms with Crippen LogP contribution in [-0.4, -0.2) is 25.9 Å². The number of benzene rings is 3. The largest absolute Gasteiger partial charge is 0.322 e. The first kappa shape index (κ1) is 21.9. The van der Waals surface area contributed by atoms with Crippen molar-refractivity contribution in [2.45, 2.75) is 11.3 Å². The summed E-state index contributed by atoms with van der Waals surface area (Å²) in [5, 5.41) is 3.88. The van der Waals surface area contributed by atoms with Gasteiger partial charge in [-0.05, 0) is 54.1 Å². The average molecular weight is 464 g/mol. The molecule has 1 heterocycles. The van der Waals surface area contributed by atoms with Gasteiger partial charge in [-0.15, -0.1) is 17.9 Å². The second-order valence-electron chi connectivity index (χ2n) is 7.07. The summed E-state index contributed by atoms with van der Waals surface area (Å²) in [6.07, 6.45) is 2.19. The molecule has 0 unspecified atom stereocenters. The highest BCUT2D eigenvalue weighted by Gasteiger charge is 2.14. The molecule has 4 rings (SSSR count). The smallest absolute Gasteiger partial charge is 0.255 e. The number of hydrogen-bond acceptors (Lipinski definition) is 5. The third-order valence-electron chi connectivity index (χ3n) is 4.75. The molecule has 6 nitrogen and oxygen atoms in total. The summed E-state index contributed by atoms with van der Waals surface area (Å²) in [5.74, 6) is -0.313. The molecule has 0 saturated heterocycles. The predicted molar refractivity (Wildman–Crippen MR) is 129 cm³/mol. The van der Waals surface area contributed by atoms with Crippen LogP contribution in [0, 0.1) is 0 Å². The maximum Gasteiger partial charge on any atom is 0.255 e. The Bertz CT molecular complexity index is 1330. The van der Waals surface area contributed by atoms with Crippen LogP contribution in [0.15, 0.2) is 90.3 Å². The number of rotatable bonds is 8. The number of nitrogens with one attached hydrogen (secondary N) is 2. The molecule has 1 aromatic heterocycles. The highest BCUT2D eigenvalue weighted by atomic mass is 32.2. The Labute approximate surface area is 190 Å². The maximum absolute atomic E-state index is 12.5. The molecule has 0 spiro atoms. The van der Waals surface area contributed by atoms with E-state index in [-0.39, 0.29) is 17.3 Å². The summed E-state index contributed by atoms with van der Waals surface area (Å²) < 4.78 is 27.8. The van der Waals surface area contributed by atoms with Gasteiger partial charge < -0.3 is 5.32 Å². The van der Waals surface area contributed by atoms with E-state index in [1.165, 1.54) is 35.0 Å². The number of nitrogens with zero attached hydrogens (tertiary/aromatic N) is 1. The molecule has 0 atom stereocenters. The third kappa shape index (κ3) is 5.11. The van der Waals surface area contributed by atoms with Crippen molar-refractivity contribution in [3.63, 3.8) is 0 Å². The molecule has 1 amide bonds. The Morgan fingerprint density at radius 1 is 1.00 bits per heavy atom. The van der Waals surface area contributed by atoms with Gasteiger partial charge in [0.15, 0.2) is 0 Å². The number of fused-ring (bicyclic) bond motifs is 1. The van der Waals surface area contributed by atoms with Crippen LogP contribution in [0.2, 0.25) is 0 Å². The van der Waals surface area contributed by atoms with Crippen LogP contribution >= 0.6 is 11.3 Å². The van der Waals surface area contributed by atoms with Gasteiger partial charge in [-0.3, -0.25) is 4.79 Å². The number of thiazole rings is 1. The molecule has 0 bridgehead atoms. The van der Waals surface area contributed by atoms with Crippen LogP contribution < -0.4 is 10.0 Å². The topological polar surface area (TPSA) is 88.2 Å². The number of para-hydroxylation sites is 1. The zero-order valence-electron chi connectivity index (χ0n) is 17.1. The van der Waals surface area contributed by atoms with Gasteiger partial charge in [0.25, 0.3) is 5.91 Å². The standard InChI is InChI=1S/C24H21N3O3S2/c1-2-15-25-32(29,30)20-13-9-18(10-14-20)24(28)26-19-11-7-17(8-12-19)16-23-27-21-5-3-4-6-22(21)31-23/h2-14,25H,1,15-16H2,(H,26,28). The second kappa shape index (κ2) is 9.44. The highest BCUT2D eigenvalue weighted by Crippen LogP contribution is 2.24. The summed E-state index contributed by atoms with van der Waals surface area (Å²) in [5.41, 5.74) is 3.13. The number of amides is 1. The molecule has 0 aliphatic carbocycles. The molecule has 0 saturated carbocycles. The quantitative estimate of drug-likeness (QED) is 0.374. The summed E-state index contributed by atoms with van der Waals surface area (Å²) in [6, 6.07) is 21.5. The third-order valence-corrected chi connectivity index (χ3v) is 7.23. The minimum absolute atomic E-state index is 0.0927. The van der Waals surface area contributed by atoms with Gasteiger partial charge in [0.1, 0.15) is 0 Å². The van der Waals surface area contributed by atoms with E-state index in [1.54, 1.807) is 11.3 Å². The highest BCUT2D eigenvalue weighted by molar-refractivity contribution is 7.89. The van der Waals surface area contributed by atoms with Crippen molar-refractivity contribution < 1.29 is 13.2 Å². The van der Waals surface area contributed by atoms with Gasteiger partial charge in [0.05, 0.1) is 20.1 Å². The van der Waals surface area contributed by atoms with E-state index in [9.17, 15) is 13.2 Å². The lowest BCUT2D eigenvalue weighted by molar-refractivity contribution is 0.102. The molecule has 32 heavy (non-hydrogen) atoms. The van der Waals surface area contributed by atoms with Crippen LogP contribution in [0.3, 0.4) is 0 Å². The first-order valence-electron chi connectivity index (χ1n) is 9.90. The van der Waals surface area contributed by atoms with Gasteiger partial charge in [0.2, 0.25) is 10.0 Å². The molecule has 0 fully saturated rings. The Hall–Kier alpha value is -3.33. The van der Waals surface area contributed by atoms with Crippen LogP contribution in [-0.2, 0) is 16.4 Å². The first-order chi connectivity index (χ1) is 15.4. The molecule has 2 N–H and O–H groups in total. The number of hydrogen-bond donors (Lipinski definition) is 2. The predicted octanol–water partition coefficient (Wildman–Crippen LogP) is 4.60. The van der Waals surface area contributed by atoms with E-state index in [2.05, 4.69) is 27.7 Å². The average Bonchev–Trinajstić information content (AvgIpc) is 3.21. The lowest BCUT2D eigenvalue weighted by Gasteiger charge is -2.08. The molecular weight excluding hydrogens is 442 g/mol. The SMILES string of the molecule is C=CCNS(=O)(=O)c1ccc(C(=O)Nc2ccc(Cc3nc4ccccc4s3)cc2)cc1. The second-order valence-corrected chi connectivity index (χ2v) is 9.95. The molecule has 3 aromatic carbocycles. The number of aromatic nitrogens is 1. The van der Waals surface area contributed by atoms with Crippen LogP contribution in [0.5, 0.6) is 0 Å². The summed E-state index contributed by atoms with van der Waals surface area (Å²) in [6.45, 7) is 3.63. The van der Waals surface area contributed by atoms with Gasteiger partial charge in [0, 0.05) is 24.2 Å². The molecule has 0 aliphatic heterocycles. The normalized spacial score (nSPS) is 11.4. The minimum Gasteiger partial charge on any atom is -0.322 e. The van der Waals surface area contributed by atoms with Crippen molar-refractivity contribution in [2.75, 3.05) is 11.9 Å². The molecule has 4 aromatic rings.